The van der Waals surface area contributed by atoms with E-state index in [1.54, 1.807) is 6.08 Å². The van der Waals surface area contributed by atoms with Gasteiger partial charge in [-0.05, 0) is 30.7 Å². The number of hydrogen-bond donors (Lipinski definition) is 0. The Labute approximate surface area is 81.2 Å². The summed E-state index contributed by atoms with van der Waals surface area (Å²) in [6.07, 6.45) is 1.71. The van der Waals surface area contributed by atoms with E-state index in [0.717, 1.165) is 15.8 Å². The minimum atomic E-state index is 0.518. The van der Waals surface area contributed by atoms with Gasteiger partial charge in [-0.2, -0.15) is 0 Å². The van der Waals surface area contributed by atoms with Crippen molar-refractivity contribution in [3.05, 3.63) is 47.8 Å². The molecule has 0 atom stereocenters. The molecule has 0 N–H and O–H groups in total. The normalized spacial score (nSPS) is 9.50. The Morgan fingerprint density at radius 2 is 2.25 bits per heavy atom. The van der Waals surface area contributed by atoms with Gasteiger partial charge < -0.3 is 4.74 Å². The van der Waals surface area contributed by atoms with E-state index in [-0.39, 0.29) is 0 Å². The zero-order valence-electron chi connectivity index (χ0n) is 6.72. The van der Waals surface area contributed by atoms with Crippen LogP contribution in [0.5, 0.6) is 5.75 Å². The van der Waals surface area contributed by atoms with Gasteiger partial charge in [0.25, 0.3) is 0 Å². The molecule has 0 fully saturated rings. The highest BCUT2D eigenvalue weighted by molar-refractivity contribution is 9.10. The van der Waals surface area contributed by atoms with E-state index in [2.05, 4.69) is 29.4 Å². The highest BCUT2D eigenvalue weighted by Crippen LogP contribution is 2.21. The molecule has 0 spiro atoms. The van der Waals surface area contributed by atoms with Gasteiger partial charge in [0, 0.05) is 4.47 Å². The minimum absolute atomic E-state index is 0.518. The first-order valence-electron chi connectivity index (χ1n) is 3.59. The monoisotopic (exact) mass is 225 g/mol. The van der Waals surface area contributed by atoms with E-state index in [4.69, 9.17) is 4.74 Å². The van der Waals surface area contributed by atoms with Gasteiger partial charge in [0.15, 0.2) is 0 Å². The third-order valence-electron chi connectivity index (χ3n) is 1.38. The number of benzene rings is 1. The van der Waals surface area contributed by atoms with Crippen LogP contribution in [-0.2, 0) is 0 Å². The lowest BCUT2D eigenvalue weighted by molar-refractivity contribution is 0.362. The first kappa shape index (κ1) is 9.33. The summed E-state index contributed by atoms with van der Waals surface area (Å²) in [5, 5.41) is 0. The molecule has 0 aliphatic carbocycles. The van der Waals surface area contributed by atoms with Crippen molar-refractivity contribution in [3.63, 3.8) is 0 Å². The average Bonchev–Trinajstić information content (AvgIpc) is 2.03. The van der Waals surface area contributed by atoms with Crippen LogP contribution in [0.4, 0.5) is 0 Å². The summed E-state index contributed by atoms with van der Waals surface area (Å²) in [6.45, 7) is 7.93. The molecule has 0 saturated heterocycles. The standard InChI is InChI=1S/C10H10BrO/c1-3-6-12-10-5-4-9(11)7-8(10)2/h3-5,7H,1-2,6H2. The summed E-state index contributed by atoms with van der Waals surface area (Å²) in [6, 6.07) is 5.72. The van der Waals surface area contributed by atoms with Crippen LogP contribution in [0, 0.1) is 6.92 Å². The molecular formula is C10H10BrO. The van der Waals surface area contributed by atoms with Gasteiger partial charge >= 0.3 is 0 Å². The van der Waals surface area contributed by atoms with E-state index in [9.17, 15) is 0 Å². The van der Waals surface area contributed by atoms with Crippen molar-refractivity contribution in [2.45, 2.75) is 0 Å². The number of hydrogen-bond acceptors (Lipinski definition) is 1. The first-order valence-corrected chi connectivity index (χ1v) is 4.38. The second-order valence-electron chi connectivity index (χ2n) is 2.35. The van der Waals surface area contributed by atoms with Crippen molar-refractivity contribution >= 4 is 15.9 Å². The van der Waals surface area contributed by atoms with Crippen LogP contribution in [-0.4, -0.2) is 6.61 Å². The Kier molecular flexibility index (Phi) is 3.35. The molecule has 1 nitrogen and oxygen atoms in total. The molecule has 1 rings (SSSR count). The van der Waals surface area contributed by atoms with Crippen LogP contribution in [0.25, 0.3) is 0 Å². The summed E-state index contributed by atoms with van der Waals surface area (Å²) >= 11 is 3.35. The summed E-state index contributed by atoms with van der Waals surface area (Å²) in [5.41, 5.74) is 0.881. The van der Waals surface area contributed by atoms with E-state index in [1.807, 2.05) is 18.2 Å². The van der Waals surface area contributed by atoms with Crippen LogP contribution >= 0.6 is 15.9 Å². The molecule has 0 aliphatic rings. The third kappa shape index (κ3) is 2.38. The maximum atomic E-state index is 5.34. The fraction of sp³-hybridized carbons (Fsp3) is 0.100. The summed E-state index contributed by atoms with van der Waals surface area (Å²) in [5.74, 6) is 0.804. The molecule has 0 saturated carbocycles. The van der Waals surface area contributed by atoms with Gasteiger partial charge in [-0.25, -0.2) is 0 Å². The molecule has 0 aromatic heterocycles. The zero-order chi connectivity index (χ0) is 8.97. The summed E-state index contributed by atoms with van der Waals surface area (Å²) in [7, 11) is 0. The molecule has 1 aromatic carbocycles. The largest absolute Gasteiger partial charge is 0.489 e. The summed E-state index contributed by atoms with van der Waals surface area (Å²) in [4.78, 5) is 0. The van der Waals surface area contributed by atoms with E-state index in [1.165, 1.54) is 0 Å². The van der Waals surface area contributed by atoms with E-state index in [0.29, 0.717) is 6.61 Å². The Balaban J connectivity index is 2.78. The maximum absolute atomic E-state index is 5.34. The second kappa shape index (κ2) is 4.31. The van der Waals surface area contributed by atoms with E-state index >= 15 is 0 Å². The molecule has 0 heterocycles. The Bertz CT molecular complexity index is 281. The third-order valence-corrected chi connectivity index (χ3v) is 1.87. The van der Waals surface area contributed by atoms with Gasteiger partial charge in [0.05, 0.1) is 0 Å². The highest BCUT2D eigenvalue weighted by atomic mass is 79.9. The van der Waals surface area contributed by atoms with Crippen molar-refractivity contribution in [1.29, 1.82) is 0 Å². The van der Waals surface area contributed by atoms with Crippen LogP contribution < -0.4 is 4.74 Å². The minimum Gasteiger partial charge on any atom is -0.489 e. The van der Waals surface area contributed by atoms with Crippen LogP contribution in [0.2, 0.25) is 0 Å². The first-order chi connectivity index (χ1) is 5.74. The molecule has 0 aliphatic heterocycles. The molecule has 1 aromatic rings. The number of halogens is 1. The fourth-order valence-corrected chi connectivity index (χ4v) is 1.25. The molecule has 2 heteroatoms. The van der Waals surface area contributed by atoms with Gasteiger partial charge in [-0.3, -0.25) is 0 Å². The van der Waals surface area contributed by atoms with Crippen molar-refractivity contribution in [3.8, 4) is 5.75 Å². The van der Waals surface area contributed by atoms with Crippen LogP contribution in [0.15, 0.2) is 35.3 Å². The fourth-order valence-electron chi connectivity index (χ4n) is 0.838. The molecule has 0 bridgehead atoms. The van der Waals surface area contributed by atoms with Crippen molar-refractivity contribution < 1.29 is 4.74 Å². The molecule has 63 valence electrons. The van der Waals surface area contributed by atoms with Gasteiger partial charge in [-0.1, -0.05) is 28.6 Å². The molecule has 0 unspecified atom stereocenters. The quantitative estimate of drug-likeness (QED) is 0.719. The molecule has 0 amide bonds. The second-order valence-corrected chi connectivity index (χ2v) is 3.27. The van der Waals surface area contributed by atoms with Crippen molar-refractivity contribution in [2.24, 2.45) is 0 Å². The molecular weight excluding hydrogens is 216 g/mol. The van der Waals surface area contributed by atoms with Gasteiger partial charge in [0.2, 0.25) is 0 Å². The Morgan fingerprint density at radius 1 is 1.50 bits per heavy atom. The number of rotatable bonds is 3. The smallest absolute Gasteiger partial charge is 0.123 e. The predicted molar refractivity (Wildman–Crippen MR) is 54.3 cm³/mol. The zero-order valence-corrected chi connectivity index (χ0v) is 8.30. The lowest BCUT2D eigenvalue weighted by atomic mass is 10.2. The van der Waals surface area contributed by atoms with Crippen molar-refractivity contribution in [1.82, 2.24) is 0 Å². The van der Waals surface area contributed by atoms with Crippen molar-refractivity contribution in [2.75, 3.05) is 6.61 Å². The predicted octanol–water partition coefficient (Wildman–Crippen LogP) is 3.20. The Morgan fingerprint density at radius 3 is 2.83 bits per heavy atom. The molecule has 1 radical (unpaired) electrons. The lowest BCUT2D eigenvalue weighted by Crippen LogP contribution is -1.94. The van der Waals surface area contributed by atoms with E-state index < -0.39 is 0 Å². The number of ether oxygens (including phenoxy) is 1. The Hall–Kier alpha value is -0.760. The van der Waals surface area contributed by atoms with Gasteiger partial charge in [0.1, 0.15) is 12.4 Å². The SMILES string of the molecule is [CH2]c1cc(Br)ccc1OCC=C. The average molecular weight is 226 g/mol. The maximum Gasteiger partial charge on any atom is 0.123 e. The molecule has 12 heavy (non-hydrogen) atoms. The van der Waals surface area contributed by atoms with Gasteiger partial charge in [-0.15, -0.1) is 0 Å². The topological polar surface area (TPSA) is 9.23 Å². The van der Waals surface area contributed by atoms with Crippen LogP contribution in [0.3, 0.4) is 0 Å². The highest BCUT2D eigenvalue weighted by Gasteiger charge is 1.97. The summed E-state index contributed by atoms with van der Waals surface area (Å²) < 4.78 is 6.35. The van der Waals surface area contributed by atoms with Crippen LogP contribution in [0.1, 0.15) is 5.56 Å². The lowest BCUT2D eigenvalue weighted by Gasteiger charge is -2.06.